The van der Waals surface area contributed by atoms with Crippen molar-refractivity contribution in [3.63, 3.8) is 0 Å². The summed E-state index contributed by atoms with van der Waals surface area (Å²) in [5, 5.41) is 5.80. The lowest BCUT2D eigenvalue weighted by Crippen LogP contribution is -2.38. The molecule has 1 heterocycles. The number of nitrogens with zero attached hydrogens (tertiary/aromatic N) is 3. The fourth-order valence-corrected chi connectivity index (χ4v) is 2.15. The zero-order valence-corrected chi connectivity index (χ0v) is 17.6. The van der Waals surface area contributed by atoms with Crippen molar-refractivity contribution < 1.29 is 13.2 Å². The molecule has 1 aromatic heterocycles. The molecule has 1 atom stereocenters. The molecule has 0 spiro atoms. The van der Waals surface area contributed by atoms with Crippen LogP contribution < -0.4 is 16.4 Å². The van der Waals surface area contributed by atoms with Crippen LogP contribution in [0.2, 0.25) is 0 Å². The first-order chi connectivity index (χ1) is 11.7. The minimum Gasteiger partial charge on any atom is -0.370 e. The summed E-state index contributed by atoms with van der Waals surface area (Å²) in [6.07, 6.45) is -0.129. The van der Waals surface area contributed by atoms with E-state index in [0.29, 0.717) is 18.4 Å². The van der Waals surface area contributed by atoms with Gasteiger partial charge in [-0.05, 0) is 25.3 Å². The Morgan fingerprint density at radius 3 is 2.58 bits per heavy atom. The average Bonchev–Trinajstić information content (AvgIpc) is 2.50. The summed E-state index contributed by atoms with van der Waals surface area (Å²) < 4.78 is 37.7. The Morgan fingerprint density at radius 2 is 1.96 bits per heavy atom. The Morgan fingerprint density at radius 1 is 1.27 bits per heavy atom. The lowest BCUT2D eigenvalue weighted by Gasteiger charge is -2.15. The van der Waals surface area contributed by atoms with Crippen LogP contribution in [0.3, 0.4) is 0 Å². The highest BCUT2D eigenvalue weighted by atomic mass is 127. The van der Waals surface area contributed by atoms with Gasteiger partial charge < -0.3 is 16.4 Å². The maximum Gasteiger partial charge on any atom is 0.433 e. The van der Waals surface area contributed by atoms with Crippen LogP contribution in [0.15, 0.2) is 17.3 Å². The van der Waals surface area contributed by atoms with Gasteiger partial charge in [0.15, 0.2) is 5.96 Å². The maximum atomic E-state index is 12.6. The summed E-state index contributed by atoms with van der Waals surface area (Å²) in [5.41, 5.74) is 4.82. The van der Waals surface area contributed by atoms with Crippen LogP contribution in [0.4, 0.5) is 19.1 Å². The standard InChI is InChI=1S/C16H27F3N6.HI/c1-11(2)5-4-6-12(3)24-14(20)21-9-10-23-15-22-8-7-13(25-15)16(17,18)19;/h7-8,11-12H,4-6,9-10H2,1-3H3,(H3,20,21,24)(H,22,23,25);1H. The van der Waals surface area contributed by atoms with E-state index in [0.717, 1.165) is 25.1 Å². The van der Waals surface area contributed by atoms with E-state index in [1.54, 1.807) is 0 Å². The fourth-order valence-electron chi connectivity index (χ4n) is 2.15. The van der Waals surface area contributed by atoms with Gasteiger partial charge in [-0.25, -0.2) is 9.97 Å². The number of rotatable bonds is 9. The van der Waals surface area contributed by atoms with Crippen LogP contribution in [-0.4, -0.2) is 35.1 Å². The molecule has 1 aromatic rings. The van der Waals surface area contributed by atoms with Gasteiger partial charge in [0.1, 0.15) is 5.69 Å². The van der Waals surface area contributed by atoms with Crippen molar-refractivity contribution >= 4 is 35.9 Å². The Balaban J connectivity index is 0.00000625. The number of alkyl halides is 3. The second-order valence-corrected chi connectivity index (χ2v) is 6.33. The van der Waals surface area contributed by atoms with E-state index in [4.69, 9.17) is 5.73 Å². The lowest BCUT2D eigenvalue weighted by atomic mass is 10.0. The number of halogens is 4. The van der Waals surface area contributed by atoms with Crippen molar-refractivity contribution in [3.8, 4) is 0 Å². The summed E-state index contributed by atoms with van der Waals surface area (Å²) in [6.45, 7) is 7.00. The Bertz CT molecular complexity index is 551. The third-order valence-electron chi connectivity index (χ3n) is 3.44. The van der Waals surface area contributed by atoms with Crippen molar-refractivity contribution in [2.75, 3.05) is 18.4 Å². The van der Waals surface area contributed by atoms with Crippen molar-refractivity contribution in [2.24, 2.45) is 16.6 Å². The molecule has 0 aliphatic rings. The predicted octanol–water partition coefficient (Wildman–Crippen LogP) is 3.64. The fraction of sp³-hybridized carbons (Fsp3) is 0.688. The van der Waals surface area contributed by atoms with Crippen molar-refractivity contribution in [1.82, 2.24) is 15.3 Å². The minimum absolute atomic E-state index is 0. The SMILES string of the molecule is CC(C)CCCC(C)NC(N)=NCCNc1nccc(C(F)(F)F)n1.I. The number of nitrogens with one attached hydrogen (secondary N) is 2. The molecule has 0 bridgehead atoms. The van der Waals surface area contributed by atoms with E-state index in [1.807, 2.05) is 6.92 Å². The summed E-state index contributed by atoms with van der Waals surface area (Å²) in [6, 6.07) is 1.05. The van der Waals surface area contributed by atoms with Gasteiger partial charge in [0.25, 0.3) is 0 Å². The minimum atomic E-state index is -4.49. The van der Waals surface area contributed by atoms with Gasteiger partial charge in [0.2, 0.25) is 5.95 Å². The van der Waals surface area contributed by atoms with E-state index in [9.17, 15) is 13.2 Å². The van der Waals surface area contributed by atoms with Gasteiger partial charge in [-0.1, -0.05) is 26.7 Å². The number of aliphatic imine (C=N–C) groups is 1. The van der Waals surface area contributed by atoms with Gasteiger partial charge in [-0.2, -0.15) is 13.2 Å². The Labute approximate surface area is 169 Å². The number of aromatic nitrogens is 2. The molecule has 0 fully saturated rings. The normalized spacial score (nSPS) is 13.3. The first kappa shape index (κ1) is 24.7. The molecule has 26 heavy (non-hydrogen) atoms. The zero-order valence-electron chi connectivity index (χ0n) is 15.3. The molecule has 0 aromatic carbocycles. The number of guanidine groups is 1. The van der Waals surface area contributed by atoms with Gasteiger partial charge in [-0.3, -0.25) is 4.99 Å². The van der Waals surface area contributed by atoms with E-state index in [-0.39, 0.29) is 42.5 Å². The van der Waals surface area contributed by atoms with Gasteiger partial charge in [-0.15, -0.1) is 24.0 Å². The van der Waals surface area contributed by atoms with Crippen LogP contribution in [0.1, 0.15) is 45.7 Å². The van der Waals surface area contributed by atoms with Crippen LogP contribution in [0, 0.1) is 5.92 Å². The van der Waals surface area contributed by atoms with Crippen LogP contribution in [0.25, 0.3) is 0 Å². The Hall–Kier alpha value is -1.33. The number of hydrogen-bond donors (Lipinski definition) is 3. The lowest BCUT2D eigenvalue weighted by molar-refractivity contribution is -0.141. The summed E-state index contributed by atoms with van der Waals surface area (Å²) in [5.74, 6) is 0.921. The molecule has 6 nitrogen and oxygen atoms in total. The van der Waals surface area contributed by atoms with Crippen molar-refractivity contribution in [1.29, 1.82) is 0 Å². The van der Waals surface area contributed by atoms with Crippen molar-refractivity contribution in [2.45, 2.75) is 52.3 Å². The molecule has 0 amide bonds. The maximum absolute atomic E-state index is 12.6. The van der Waals surface area contributed by atoms with Gasteiger partial charge >= 0.3 is 6.18 Å². The van der Waals surface area contributed by atoms with Crippen LogP contribution in [0.5, 0.6) is 0 Å². The molecule has 1 rings (SSSR count). The topological polar surface area (TPSA) is 88.2 Å². The summed E-state index contributed by atoms with van der Waals surface area (Å²) >= 11 is 0. The van der Waals surface area contributed by atoms with Crippen LogP contribution >= 0.6 is 24.0 Å². The average molecular weight is 488 g/mol. The molecular weight excluding hydrogens is 460 g/mol. The Kier molecular flexibility index (Phi) is 11.5. The van der Waals surface area contributed by atoms with E-state index >= 15 is 0 Å². The smallest absolute Gasteiger partial charge is 0.370 e. The molecule has 4 N–H and O–H groups in total. The van der Waals surface area contributed by atoms with Gasteiger partial charge in [0, 0.05) is 18.8 Å². The molecular formula is C16H28F3IN6. The molecule has 150 valence electrons. The van der Waals surface area contributed by atoms with E-state index in [2.05, 4.69) is 39.4 Å². The summed E-state index contributed by atoms with van der Waals surface area (Å²) in [7, 11) is 0. The second-order valence-electron chi connectivity index (χ2n) is 6.33. The molecule has 0 aliphatic carbocycles. The predicted molar refractivity (Wildman–Crippen MR) is 109 cm³/mol. The van der Waals surface area contributed by atoms with Crippen molar-refractivity contribution in [3.05, 3.63) is 18.0 Å². The highest BCUT2D eigenvalue weighted by Gasteiger charge is 2.32. The van der Waals surface area contributed by atoms with E-state index < -0.39 is 11.9 Å². The number of hydrogen-bond acceptors (Lipinski definition) is 4. The largest absolute Gasteiger partial charge is 0.433 e. The first-order valence-electron chi connectivity index (χ1n) is 8.39. The quantitative estimate of drug-likeness (QED) is 0.214. The molecule has 10 heteroatoms. The molecule has 0 radical (unpaired) electrons. The summed E-state index contributed by atoms with van der Waals surface area (Å²) in [4.78, 5) is 11.3. The second kappa shape index (κ2) is 12.1. The first-order valence-corrected chi connectivity index (χ1v) is 8.39. The third-order valence-corrected chi connectivity index (χ3v) is 3.44. The molecule has 0 saturated carbocycles. The van der Waals surface area contributed by atoms with E-state index in [1.165, 1.54) is 6.42 Å². The highest BCUT2D eigenvalue weighted by Crippen LogP contribution is 2.27. The zero-order chi connectivity index (χ0) is 18.9. The molecule has 0 saturated heterocycles. The molecule has 1 unspecified atom stereocenters. The number of anilines is 1. The highest BCUT2D eigenvalue weighted by molar-refractivity contribution is 14.0. The van der Waals surface area contributed by atoms with Gasteiger partial charge in [0.05, 0.1) is 6.54 Å². The molecule has 0 aliphatic heterocycles. The third kappa shape index (κ3) is 10.6. The van der Waals surface area contributed by atoms with Crippen LogP contribution in [-0.2, 0) is 6.18 Å². The number of nitrogens with two attached hydrogens (primary N) is 1. The monoisotopic (exact) mass is 488 g/mol.